The number of benzene rings is 1. The SMILES string of the molecule is N[C@@H]1c2ccc(Br)cc2C[C@H]1O. The highest BCUT2D eigenvalue weighted by Gasteiger charge is 2.27. The van der Waals surface area contributed by atoms with Crippen LogP contribution in [0.3, 0.4) is 0 Å². The zero-order chi connectivity index (χ0) is 8.72. The van der Waals surface area contributed by atoms with Gasteiger partial charge >= 0.3 is 0 Å². The van der Waals surface area contributed by atoms with Gasteiger partial charge in [0.05, 0.1) is 12.1 Å². The molecule has 0 spiro atoms. The molecule has 1 aromatic carbocycles. The molecule has 1 aromatic rings. The van der Waals surface area contributed by atoms with Crippen LogP contribution >= 0.6 is 15.9 Å². The number of nitrogens with two attached hydrogens (primary N) is 1. The molecule has 1 aliphatic carbocycles. The summed E-state index contributed by atoms with van der Waals surface area (Å²) in [5, 5.41) is 9.47. The van der Waals surface area contributed by atoms with Crippen LogP contribution in [-0.2, 0) is 6.42 Å². The van der Waals surface area contributed by atoms with E-state index >= 15 is 0 Å². The Morgan fingerprint density at radius 3 is 3.00 bits per heavy atom. The Balaban J connectivity index is 2.47. The molecule has 64 valence electrons. The first-order chi connectivity index (χ1) is 5.68. The molecule has 12 heavy (non-hydrogen) atoms. The summed E-state index contributed by atoms with van der Waals surface area (Å²) in [5.74, 6) is 0. The van der Waals surface area contributed by atoms with Crippen LogP contribution in [0.5, 0.6) is 0 Å². The molecule has 0 aliphatic heterocycles. The van der Waals surface area contributed by atoms with Gasteiger partial charge in [-0.1, -0.05) is 22.0 Å². The lowest BCUT2D eigenvalue weighted by Gasteiger charge is -2.07. The van der Waals surface area contributed by atoms with Gasteiger partial charge in [-0.15, -0.1) is 0 Å². The van der Waals surface area contributed by atoms with Crippen molar-refractivity contribution in [1.29, 1.82) is 0 Å². The van der Waals surface area contributed by atoms with Crippen LogP contribution in [-0.4, -0.2) is 11.2 Å². The van der Waals surface area contributed by atoms with E-state index in [1.807, 2.05) is 18.2 Å². The third-order valence-corrected chi connectivity index (χ3v) is 2.80. The molecule has 1 aliphatic rings. The van der Waals surface area contributed by atoms with Gasteiger partial charge in [-0.05, 0) is 23.3 Å². The third-order valence-electron chi connectivity index (χ3n) is 2.31. The fourth-order valence-electron chi connectivity index (χ4n) is 1.64. The predicted molar refractivity (Wildman–Crippen MR) is 50.8 cm³/mol. The van der Waals surface area contributed by atoms with Gasteiger partial charge in [0.1, 0.15) is 0 Å². The molecule has 2 nitrogen and oxygen atoms in total. The second kappa shape index (κ2) is 2.83. The quantitative estimate of drug-likeness (QED) is 0.704. The lowest BCUT2D eigenvalue weighted by Crippen LogP contribution is -2.21. The van der Waals surface area contributed by atoms with Gasteiger partial charge in [-0.25, -0.2) is 0 Å². The maximum atomic E-state index is 9.47. The van der Waals surface area contributed by atoms with E-state index in [1.165, 1.54) is 0 Å². The van der Waals surface area contributed by atoms with Gasteiger partial charge in [0.2, 0.25) is 0 Å². The van der Waals surface area contributed by atoms with Gasteiger partial charge in [-0.2, -0.15) is 0 Å². The van der Waals surface area contributed by atoms with Crippen molar-refractivity contribution < 1.29 is 5.11 Å². The average molecular weight is 228 g/mol. The topological polar surface area (TPSA) is 46.2 Å². The average Bonchev–Trinajstić information content (AvgIpc) is 2.28. The van der Waals surface area contributed by atoms with Gasteiger partial charge in [0.15, 0.2) is 0 Å². The highest BCUT2D eigenvalue weighted by molar-refractivity contribution is 9.10. The molecule has 0 heterocycles. The molecule has 0 bridgehead atoms. The van der Waals surface area contributed by atoms with E-state index in [2.05, 4.69) is 15.9 Å². The molecule has 0 saturated carbocycles. The van der Waals surface area contributed by atoms with E-state index in [9.17, 15) is 5.11 Å². The molecule has 0 amide bonds. The highest BCUT2D eigenvalue weighted by atomic mass is 79.9. The molecule has 3 heteroatoms. The zero-order valence-corrected chi connectivity index (χ0v) is 8.08. The normalized spacial score (nSPS) is 27.2. The van der Waals surface area contributed by atoms with Crippen LogP contribution in [0.4, 0.5) is 0 Å². The van der Waals surface area contributed by atoms with E-state index in [4.69, 9.17) is 5.73 Å². The van der Waals surface area contributed by atoms with Crippen molar-refractivity contribution >= 4 is 15.9 Å². The summed E-state index contributed by atoms with van der Waals surface area (Å²) in [6.45, 7) is 0. The smallest absolute Gasteiger partial charge is 0.0773 e. The Morgan fingerprint density at radius 2 is 2.25 bits per heavy atom. The van der Waals surface area contributed by atoms with Crippen LogP contribution in [0.15, 0.2) is 22.7 Å². The summed E-state index contributed by atoms with van der Waals surface area (Å²) in [6, 6.07) is 5.75. The van der Waals surface area contributed by atoms with Crippen molar-refractivity contribution in [2.45, 2.75) is 18.6 Å². The molecular weight excluding hydrogens is 218 g/mol. The Labute approximate surface area is 79.5 Å². The number of fused-ring (bicyclic) bond motifs is 1. The Bertz CT molecular complexity index is 313. The Kier molecular flexibility index (Phi) is 1.94. The maximum Gasteiger partial charge on any atom is 0.0773 e. The fourth-order valence-corrected chi connectivity index (χ4v) is 2.04. The lowest BCUT2D eigenvalue weighted by molar-refractivity contribution is 0.158. The maximum absolute atomic E-state index is 9.47. The number of aliphatic hydroxyl groups excluding tert-OH is 1. The molecule has 0 radical (unpaired) electrons. The Morgan fingerprint density at radius 1 is 1.50 bits per heavy atom. The molecule has 0 fully saturated rings. The van der Waals surface area contributed by atoms with Crippen molar-refractivity contribution in [1.82, 2.24) is 0 Å². The molecule has 0 saturated heterocycles. The van der Waals surface area contributed by atoms with Gasteiger partial charge < -0.3 is 10.8 Å². The Hall–Kier alpha value is -0.380. The lowest BCUT2D eigenvalue weighted by atomic mass is 10.1. The van der Waals surface area contributed by atoms with Gasteiger partial charge in [0.25, 0.3) is 0 Å². The summed E-state index contributed by atoms with van der Waals surface area (Å²) in [5.41, 5.74) is 8.01. The summed E-state index contributed by atoms with van der Waals surface area (Å²) >= 11 is 3.38. The molecular formula is C9H10BrNO. The van der Waals surface area contributed by atoms with Crippen molar-refractivity contribution in [2.24, 2.45) is 5.73 Å². The van der Waals surface area contributed by atoms with Crippen molar-refractivity contribution in [3.8, 4) is 0 Å². The summed E-state index contributed by atoms with van der Waals surface area (Å²) in [4.78, 5) is 0. The van der Waals surface area contributed by atoms with Crippen LogP contribution in [0.25, 0.3) is 0 Å². The highest BCUT2D eigenvalue weighted by Crippen LogP contribution is 2.31. The van der Waals surface area contributed by atoms with E-state index < -0.39 is 6.10 Å². The number of hydrogen-bond acceptors (Lipinski definition) is 2. The molecule has 3 N–H and O–H groups in total. The number of halogens is 1. The first kappa shape index (κ1) is 8.23. The summed E-state index contributed by atoms with van der Waals surface area (Å²) in [6.07, 6.45) is 0.268. The van der Waals surface area contributed by atoms with E-state index in [0.717, 1.165) is 15.6 Å². The predicted octanol–water partition coefficient (Wildman–Crippen LogP) is 1.37. The van der Waals surface area contributed by atoms with E-state index in [0.29, 0.717) is 6.42 Å². The molecule has 0 aromatic heterocycles. The molecule has 2 rings (SSSR count). The summed E-state index contributed by atoms with van der Waals surface area (Å²) in [7, 11) is 0. The number of hydrogen-bond donors (Lipinski definition) is 2. The monoisotopic (exact) mass is 227 g/mol. The van der Waals surface area contributed by atoms with Crippen molar-refractivity contribution in [3.63, 3.8) is 0 Å². The van der Waals surface area contributed by atoms with Crippen molar-refractivity contribution in [3.05, 3.63) is 33.8 Å². The minimum Gasteiger partial charge on any atom is -0.391 e. The first-order valence-corrected chi connectivity index (χ1v) is 4.70. The largest absolute Gasteiger partial charge is 0.391 e. The van der Waals surface area contributed by atoms with E-state index in [1.54, 1.807) is 0 Å². The summed E-state index contributed by atoms with van der Waals surface area (Å²) < 4.78 is 1.04. The van der Waals surface area contributed by atoms with Crippen molar-refractivity contribution in [2.75, 3.05) is 0 Å². The van der Waals surface area contributed by atoms with Crippen LogP contribution in [0, 0.1) is 0 Å². The van der Waals surface area contributed by atoms with Crippen LogP contribution in [0.2, 0.25) is 0 Å². The first-order valence-electron chi connectivity index (χ1n) is 3.90. The standard InChI is InChI=1S/C9H10BrNO/c10-6-1-2-7-5(3-6)4-8(12)9(7)11/h1-3,8-9,12H,4,11H2/t8-,9-/m1/s1. The third kappa shape index (κ3) is 1.18. The second-order valence-electron chi connectivity index (χ2n) is 3.14. The molecule has 0 unspecified atom stereocenters. The minimum absolute atomic E-state index is 0.201. The second-order valence-corrected chi connectivity index (χ2v) is 4.06. The number of rotatable bonds is 0. The fraction of sp³-hybridized carbons (Fsp3) is 0.333. The molecule has 2 atom stereocenters. The van der Waals surface area contributed by atoms with Crippen LogP contribution in [0.1, 0.15) is 17.2 Å². The van der Waals surface area contributed by atoms with Gasteiger partial charge in [0, 0.05) is 10.9 Å². The van der Waals surface area contributed by atoms with Gasteiger partial charge in [-0.3, -0.25) is 0 Å². The zero-order valence-electron chi connectivity index (χ0n) is 6.50. The van der Waals surface area contributed by atoms with E-state index in [-0.39, 0.29) is 6.04 Å². The number of aliphatic hydroxyl groups is 1. The van der Waals surface area contributed by atoms with Crippen LogP contribution < -0.4 is 5.73 Å². The minimum atomic E-state index is -0.408.